The van der Waals surface area contributed by atoms with Crippen molar-refractivity contribution in [1.82, 2.24) is 14.8 Å². The minimum Gasteiger partial charge on any atom is -0.317 e. The van der Waals surface area contributed by atoms with Crippen LogP contribution in [0, 0.1) is 5.92 Å². The third-order valence-corrected chi connectivity index (χ3v) is 4.98. The van der Waals surface area contributed by atoms with Gasteiger partial charge in [0.15, 0.2) is 5.82 Å². The number of halogens is 1. The first-order chi connectivity index (χ1) is 9.93. The van der Waals surface area contributed by atoms with Gasteiger partial charge in [-0.05, 0) is 18.1 Å². The zero-order valence-electron chi connectivity index (χ0n) is 11.8. The van der Waals surface area contributed by atoms with E-state index in [1.165, 1.54) is 0 Å². The Kier molecular flexibility index (Phi) is 4.84. The van der Waals surface area contributed by atoms with Crippen molar-refractivity contribution in [2.75, 3.05) is 16.4 Å². The highest BCUT2D eigenvalue weighted by Gasteiger charge is 2.18. The predicted octanol–water partition coefficient (Wildman–Crippen LogP) is 2.10. The van der Waals surface area contributed by atoms with Crippen molar-refractivity contribution in [3.63, 3.8) is 0 Å². The van der Waals surface area contributed by atoms with Gasteiger partial charge in [0.2, 0.25) is 10.0 Å². The molecule has 1 aromatic carbocycles. The van der Waals surface area contributed by atoms with E-state index in [1.54, 1.807) is 43.1 Å². The monoisotopic (exact) mass is 328 g/mol. The molecule has 0 fully saturated rings. The molecule has 1 atom stereocenters. The van der Waals surface area contributed by atoms with Crippen molar-refractivity contribution in [3.8, 4) is 11.4 Å². The number of hydrogen-bond donors (Lipinski definition) is 1. The summed E-state index contributed by atoms with van der Waals surface area (Å²) in [6.07, 6.45) is 1.57. The standard InChI is InChI=1S/C13H17ClN4O2S/c1-10(7-14)8-21(19,20)17-12-6-4-3-5-11(12)13-16-15-9-18(13)2/h3-6,9-10,17H,7-8H2,1-2H3. The molecule has 0 aliphatic heterocycles. The number of alkyl halides is 1. The van der Waals surface area contributed by atoms with E-state index < -0.39 is 10.0 Å². The maximum atomic E-state index is 12.2. The summed E-state index contributed by atoms with van der Waals surface area (Å²) in [6.45, 7) is 1.79. The molecule has 0 aliphatic rings. The van der Waals surface area contributed by atoms with Gasteiger partial charge >= 0.3 is 0 Å². The van der Waals surface area contributed by atoms with Crippen LogP contribution in [0.1, 0.15) is 6.92 Å². The lowest BCUT2D eigenvalue weighted by Crippen LogP contribution is -2.22. The van der Waals surface area contributed by atoms with E-state index in [1.807, 2.05) is 6.07 Å². The Morgan fingerprint density at radius 2 is 2.10 bits per heavy atom. The molecule has 1 heterocycles. The Bertz CT molecular complexity index is 714. The van der Waals surface area contributed by atoms with Gasteiger partial charge in [-0.1, -0.05) is 19.1 Å². The highest BCUT2D eigenvalue weighted by molar-refractivity contribution is 7.92. The molecule has 2 rings (SSSR count). The number of anilines is 1. The summed E-state index contributed by atoms with van der Waals surface area (Å²) in [5.74, 6) is 0.750. The van der Waals surface area contributed by atoms with Crippen LogP contribution in [0.2, 0.25) is 0 Å². The van der Waals surface area contributed by atoms with Gasteiger partial charge < -0.3 is 4.57 Å². The molecule has 1 aromatic heterocycles. The van der Waals surface area contributed by atoms with E-state index in [-0.39, 0.29) is 11.7 Å². The number of aryl methyl sites for hydroxylation is 1. The van der Waals surface area contributed by atoms with Crippen LogP contribution in [0.4, 0.5) is 5.69 Å². The predicted molar refractivity (Wildman–Crippen MR) is 83.7 cm³/mol. The molecule has 0 saturated carbocycles. The van der Waals surface area contributed by atoms with Gasteiger partial charge in [-0.15, -0.1) is 21.8 Å². The lowest BCUT2D eigenvalue weighted by molar-refractivity contribution is 0.588. The van der Waals surface area contributed by atoms with Gasteiger partial charge in [0, 0.05) is 18.5 Å². The molecule has 0 bridgehead atoms. The third-order valence-electron chi connectivity index (χ3n) is 2.91. The van der Waals surface area contributed by atoms with Crippen LogP contribution in [-0.4, -0.2) is 34.8 Å². The average molecular weight is 329 g/mol. The second-order valence-corrected chi connectivity index (χ2v) is 7.03. The van der Waals surface area contributed by atoms with Gasteiger partial charge in [0.1, 0.15) is 6.33 Å². The first kappa shape index (κ1) is 15.8. The number of rotatable bonds is 6. The second-order valence-electron chi connectivity index (χ2n) is 4.95. The first-order valence-electron chi connectivity index (χ1n) is 6.43. The molecule has 114 valence electrons. The molecule has 0 aliphatic carbocycles. The number of benzene rings is 1. The van der Waals surface area contributed by atoms with Crippen LogP contribution >= 0.6 is 11.6 Å². The van der Waals surface area contributed by atoms with Crippen molar-refractivity contribution in [2.24, 2.45) is 13.0 Å². The van der Waals surface area contributed by atoms with Crippen LogP contribution in [0.15, 0.2) is 30.6 Å². The summed E-state index contributed by atoms with van der Waals surface area (Å²) < 4.78 is 28.7. The maximum absolute atomic E-state index is 12.2. The molecule has 1 unspecified atom stereocenters. The topological polar surface area (TPSA) is 76.9 Å². The smallest absolute Gasteiger partial charge is 0.233 e. The molecule has 0 spiro atoms. The number of aromatic nitrogens is 3. The van der Waals surface area contributed by atoms with Crippen molar-refractivity contribution in [2.45, 2.75) is 6.92 Å². The third kappa shape index (κ3) is 3.95. The lowest BCUT2D eigenvalue weighted by atomic mass is 10.2. The number of nitrogens with zero attached hydrogens (tertiary/aromatic N) is 3. The summed E-state index contributed by atoms with van der Waals surface area (Å²) in [7, 11) is -1.66. The number of para-hydroxylation sites is 1. The average Bonchev–Trinajstić information content (AvgIpc) is 2.84. The van der Waals surface area contributed by atoms with Crippen LogP contribution in [-0.2, 0) is 17.1 Å². The van der Waals surface area contributed by atoms with E-state index >= 15 is 0 Å². The highest BCUT2D eigenvalue weighted by Crippen LogP contribution is 2.26. The molecular formula is C13H17ClN4O2S. The zero-order chi connectivity index (χ0) is 15.5. The Morgan fingerprint density at radius 1 is 1.38 bits per heavy atom. The molecule has 6 nitrogen and oxygen atoms in total. The summed E-state index contributed by atoms with van der Waals surface area (Å²) in [4.78, 5) is 0. The minimum absolute atomic E-state index is 0.0242. The zero-order valence-corrected chi connectivity index (χ0v) is 13.4. The lowest BCUT2D eigenvalue weighted by Gasteiger charge is -2.14. The summed E-state index contributed by atoms with van der Waals surface area (Å²) in [6, 6.07) is 7.09. The summed E-state index contributed by atoms with van der Waals surface area (Å²) in [5, 5.41) is 7.83. The van der Waals surface area contributed by atoms with Crippen molar-refractivity contribution >= 4 is 27.3 Å². The van der Waals surface area contributed by atoms with Crippen LogP contribution in [0.25, 0.3) is 11.4 Å². The summed E-state index contributed by atoms with van der Waals surface area (Å²) in [5.41, 5.74) is 1.16. The van der Waals surface area contributed by atoms with Gasteiger partial charge in [-0.25, -0.2) is 8.42 Å². The van der Waals surface area contributed by atoms with E-state index in [0.717, 1.165) is 0 Å². The van der Waals surface area contributed by atoms with Crippen molar-refractivity contribution < 1.29 is 8.42 Å². The fourth-order valence-corrected chi connectivity index (χ4v) is 3.62. The fourth-order valence-electron chi connectivity index (χ4n) is 1.92. The van der Waals surface area contributed by atoms with E-state index in [2.05, 4.69) is 14.9 Å². The van der Waals surface area contributed by atoms with Crippen LogP contribution in [0.3, 0.4) is 0 Å². The first-order valence-corrected chi connectivity index (χ1v) is 8.61. The molecule has 1 N–H and O–H groups in total. The van der Waals surface area contributed by atoms with Crippen molar-refractivity contribution in [3.05, 3.63) is 30.6 Å². The normalized spacial score (nSPS) is 13.1. The molecule has 21 heavy (non-hydrogen) atoms. The van der Waals surface area contributed by atoms with Crippen LogP contribution in [0.5, 0.6) is 0 Å². The van der Waals surface area contributed by atoms with Gasteiger partial charge in [-0.2, -0.15) is 0 Å². The Labute approximate surface area is 129 Å². The van der Waals surface area contributed by atoms with Gasteiger partial charge in [-0.3, -0.25) is 4.72 Å². The molecular weight excluding hydrogens is 312 g/mol. The number of sulfonamides is 1. The minimum atomic E-state index is -3.46. The number of nitrogens with one attached hydrogen (secondary N) is 1. The maximum Gasteiger partial charge on any atom is 0.233 e. The van der Waals surface area contributed by atoms with Gasteiger partial charge in [0.05, 0.1) is 11.4 Å². The SMILES string of the molecule is CC(CCl)CS(=O)(=O)Nc1ccccc1-c1nncn1C. The van der Waals surface area contributed by atoms with E-state index in [0.29, 0.717) is 23.0 Å². The Balaban J connectivity index is 2.32. The quantitative estimate of drug-likeness (QED) is 0.824. The molecule has 8 heteroatoms. The number of hydrogen-bond acceptors (Lipinski definition) is 4. The highest BCUT2D eigenvalue weighted by atomic mass is 35.5. The van der Waals surface area contributed by atoms with E-state index in [4.69, 9.17) is 11.6 Å². The largest absolute Gasteiger partial charge is 0.317 e. The van der Waals surface area contributed by atoms with E-state index in [9.17, 15) is 8.42 Å². The molecule has 2 aromatic rings. The van der Waals surface area contributed by atoms with Gasteiger partial charge in [0.25, 0.3) is 0 Å². The molecule has 0 amide bonds. The fraction of sp³-hybridized carbons (Fsp3) is 0.385. The van der Waals surface area contributed by atoms with Crippen molar-refractivity contribution in [1.29, 1.82) is 0 Å². The Morgan fingerprint density at radius 3 is 2.71 bits per heavy atom. The van der Waals surface area contributed by atoms with Crippen LogP contribution < -0.4 is 4.72 Å². The second kappa shape index (κ2) is 6.44. The Hall–Kier alpha value is -1.60. The molecule has 0 saturated heterocycles. The summed E-state index contributed by atoms with van der Waals surface area (Å²) >= 11 is 5.68. The molecule has 0 radical (unpaired) electrons.